The number of nitrogen functional groups attached to an aromatic ring is 1. The number of carbonyl (C=O) groups excluding carboxylic acids is 1. The quantitative estimate of drug-likeness (QED) is 0.805. The number of alkyl halides is 2. The Morgan fingerprint density at radius 1 is 1.50 bits per heavy atom. The third-order valence-corrected chi connectivity index (χ3v) is 2.59. The summed E-state index contributed by atoms with van der Waals surface area (Å²) in [7, 11) is 0. The van der Waals surface area contributed by atoms with Crippen LogP contribution in [0.3, 0.4) is 0 Å². The third-order valence-electron chi connectivity index (χ3n) is 2.26. The lowest BCUT2D eigenvalue weighted by Crippen LogP contribution is -2.37. The number of rotatable bonds is 5. The van der Waals surface area contributed by atoms with Crippen LogP contribution in [0, 0.1) is 0 Å². The molecule has 1 aromatic carbocycles. The molecular formula is C11H13ClF2N2O2. The minimum Gasteiger partial charge on any atom is -0.398 e. The van der Waals surface area contributed by atoms with Gasteiger partial charge in [0, 0.05) is 12.1 Å². The first-order valence-corrected chi connectivity index (χ1v) is 5.56. The summed E-state index contributed by atoms with van der Waals surface area (Å²) in [5, 5.41) is 8.94. The van der Waals surface area contributed by atoms with E-state index in [1.807, 2.05) is 0 Å². The number of hydrogen-bond donors (Lipinski definition) is 2. The molecule has 0 saturated carbocycles. The largest absolute Gasteiger partial charge is 0.398 e. The molecule has 1 rings (SSSR count). The second kappa shape index (κ2) is 6.51. The van der Waals surface area contributed by atoms with Gasteiger partial charge in [-0.15, -0.1) is 0 Å². The first-order chi connectivity index (χ1) is 8.45. The fourth-order valence-electron chi connectivity index (χ4n) is 1.41. The SMILES string of the molecule is Nc1ccc(C(=O)N(CCO)CC(F)F)cc1Cl. The minimum atomic E-state index is -2.66. The molecule has 0 aromatic heterocycles. The number of hydrogen-bond acceptors (Lipinski definition) is 3. The van der Waals surface area contributed by atoms with Gasteiger partial charge in [-0.3, -0.25) is 4.79 Å². The zero-order chi connectivity index (χ0) is 13.7. The minimum absolute atomic E-state index is 0.156. The summed E-state index contributed by atoms with van der Waals surface area (Å²) in [6, 6.07) is 4.14. The summed E-state index contributed by atoms with van der Waals surface area (Å²) in [5.41, 5.74) is 5.95. The highest BCUT2D eigenvalue weighted by Crippen LogP contribution is 2.20. The molecule has 18 heavy (non-hydrogen) atoms. The Morgan fingerprint density at radius 3 is 2.67 bits per heavy atom. The number of amides is 1. The molecule has 4 nitrogen and oxygen atoms in total. The smallest absolute Gasteiger partial charge is 0.255 e. The van der Waals surface area contributed by atoms with Gasteiger partial charge in [0.05, 0.1) is 23.9 Å². The summed E-state index contributed by atoms with van der Waals surface area (Å²) in [6.45, 7) is -1.28. The van der Waals surface area contributed by atoms with E-state index in [0.29, 0.717) is 5.69 Å². The molecular weight excluding hydrogens is 266 g/mol. The Labute approximate surface area is 108 Å². The zero-order valence-corrected chi connectivity index (χ0v) is 10.2. The summed E-state index contributed by atoms with van der Waals surface area (Å²) < 4.78 is 24.6. The van der Waals surface area contributed by atoms with Gasteiger partial charge in [-0.05, 0) is 18.2 Å². The first kappa shape index (κ1) is 14.7. The van der Waals surface area contributed by atoms with Crippen molar-refractivity contribution in [3.63, 3.8) is 0 Å². The van der Waals surface area contributed by atoms with Crippen molar-refractivity contribution < 1.29 is 18.7 Å². The predicted molar refractivity (Wildman–Crippen MR) is 64.9 cm³/mol. The molecule has 0 aliphatic heterocycles. The molecule has 0 bridgehead atoms. The molecule has 0 radical (unpaired) electrons. The van der Waals surface area contributed by atoms with Gasteiger partial charge in [0.2, 0.25) is 0 Å². The Morgan fingerprint density at radius 2 is 2.17 bits per heavy atom. The Bertz CT molecular complexity index is 430. The number of anilines is 1. The maximum atomic E-state index is 12.3. The maximum Gasteiger partial charge on any atom is 0.255 e. The number of nitrogens with zero attached hydrogens (tertiary/aromatic N) is 1. The number of aliphatic hydroxyl groups excluding tert-OH is 1. The molecule has 1 aromatic rings. The Balaban J connectivity index is 2.90. The van der Waals surface area contributed by atoms with Gasteiger partial charge >= 0.3 is 0 Å². The molecule has 0 fully saturated rings. The van der Waals surface area contributed by atoms with Crippen LogP contribution in [0.5, 0.6) is 0 Å². The van der Waals surface area contributed by atoms with E-state index in [1.54, 1.807) is 0 Å². The van der Waals surface area contributed by atoms with Crippen LogP contribution in [0.4, 0.5) is 14.5 Å². The lowest BCUT2D eigenvalue weighted by atomic mass is 10.2. The monoisotopic (exact) mass is 278 g/mol. The summed E-state index contributed by atoms with van der Waals surface area (Å²) in [6.07, 6.45) is -2.66. The first-order valence-electron chi connectivity index (χ1n) is 5.19. The average molecular weight is 279 g/mol. The summed E-state index contributed by atoms with van der Waals surface area (Å²) in [5.74, 6) is -0.619. The van der Waals surface area contributed by atoms with Crippen LogP contribution in [-0.4, -0.2) is 42.0 Å². The molecule has 3 N–H and O–H groups in total. The van der Waals surface area contributed by atoms with Crippen LogP contribution >= 0.6 is 11.6 Å². The molecule has 100 valence electrons. The highest BCUT2D eigenvalue weighted by molar-refractivity contribution is 6.33. The van der Waals surface area contributed by atoms with Crippen LogP contribution in [-0.2, 0) is 0 Å². The van der Waals surface area contributed by atoms with E-state index >= 15 is 0 Å². The van der Waals surface area contributed by atoms with Crippen molar-refractivity contribution in [3.8, 4) is 0 Å². The van der Waals surface area contributed by atoms with Gasteiger partial charge in [-0.25, -0.2) is 8.78 Å². The maximum absolute atomic E-state index is 12.3. The highest BCUT2D eigenvalue weighted by atomic mass is 35.5. The van der Waals surface area contributed by atoms with Crippen molar-refractivity contribution in [1.82, 2.24) is 4.90 Å². The second-order valence-corrected chi connectivity index (χ2v) is 4.01. The van der Waals surface area contributed by atoms with Crippen LogP contribution in [0.15, 0.2) is 18.2 Å². The van der Waals surface area contributed by atoms with E-state index < -0.39 is 18.9 Å². The number of halogens is 3. The van der Waals surface area contributed by atoms with Crippen molar-refractivity contribution in [3.05, 3.63) is 28.8 Å². The van der Waals surface area contributed by atoms with Gasteiger partial charge < -0.3 is 15.7 Å². The summed E-state index contributed by atoms with van der Waals surface area (Å²) >= 11 is 5.75. The standard InChI is InChI=1S/C11H13ClF2N2O2/c12-8-5-7(1-2-9(8)15)11(18)16(3-4-17)6-10(13)14/h1-2,5,10,17H,3-4,6,15H2. The molecule has 0 aliphatic rings. The normalized spacial score (nSPS) is 10.7. The van der Waals surface area contributed by atoms with Crippen molar-refractivity contribution in [2.45, 2.75) is 6.43 Å². The van der Waals surface area contributed by atoms with Crippen molar-refractivity contribution in [1.29, 1.82) is 0 Å². The molecule has 7 heteroatoms. The van der Waals surface area contributed by atoms with Crippen LogP contribution in [0.1, 0.15) is 10.4 Å². The number of carbonyl (C=O) groups is 1. The highest BCUT2D eigenvalue weighted by Gasteiger charge is 2.19. The Kier molecular flexibility index (Phi) is 5.30. The van der Waals surface area contributed by atoms with Crippen LogP contribution in [0.25, 0.3) is 0 Å². The van der Waals surface area contributed by atoms with Gasteiger partial charge in [0.1, 0.15) is 0 Å². The molecule has 1 amide bonds. The number of aliphatic hydroxyl groups is 1. The molecule has 0 saturated heterocycles. The predicted octanol–water partition coefficient (Wildman–Crippen LogP) is 1.62. The Hall–Kier alpha value is -1.40. The van der Waals surface area contributed by atoms with Gasteiger partial charge in [0.25, 0.3) is 12.3 Å². The average Bonchev–Trinajstić information content (AvgIpc) is 2.31. The molecule has 0 heterocycles. The fourth-order valence-corrected chi connectivity index (χ4v) is 1.59. The van der Waals surface area contributed by atoms with E-state index in [-0.39, 0.29) is 23.7 Å². The lowest BCUT2D eigenvalue weighted by molar-refractivity contribution is 0.0509. The van der Waals surface area contributed by atoms with E-state index in [9.17, 15) is 13.6 Å². The zero-order valence-electron chi connectivity index (χ0n) is 9.44. The van der Waals surface area contributed by atoms with Crippen molar-refractivity contribution in [2.75, 3.05) is 25.4 Å². The van der Waals surface area contributed by atoms with Gasteiger partial charge in [-0.2, -0.15) is 0 Å². The van der Waals surface area contributed by atoms with E-state index in [0.717, 1.165) is 4.90 Å². The van der Waals surface area contributed by atoms with E-state index in [4.69, 9.17) is 22.4 Å². The molecule has 0 spiro atoms. The third kappa shape index (κ3) is 3.82. The number of benzene rings is 1. The van der Waals surface area contributed by atoms with Gasteiger partial charge in [0.15, 0.2) is 0 Å². The number of nitrogens with two attached hydrogens (primary N) is 1. The summed E-state index contributed by atoms with van der Waals surface area (Å²) in [4.78, 5) is 12.8. The second-order valence-electron chi connectivity index (χ2n) is 3.60. The van der Waals surface area contributed by atoms with Crippen LogP contribution < -0.4 is 5.73 Å². The molecule has 0 atom stereocenters. The molecule has 0 aliphatic carbocycles. The van der Waals surface area contributed by atoms with Crippen molar-refractivity contribution in [2.24, 2.45) is 0 Å². The van der Waals surface area contributed by atoms with Crippen LogP contribution in [0.2, 0.25) is 5.02 Å². The fraction of sp³-hybridized carbons (Fsp3) is 0.364. The lowest BCUT2D eigenvalue weighted by Gasteiger charge is -2.21. The van der Waals surface area contributed by atoms with E-state index in [1.165, 1.54) is 18.2 Å². The van der Waals surface area contributed by atoms with Crippen molar-refractivity contribution >= 4 is 23.2 Å². The topological polar surface area (TPSA) is 66.6 Å². The van der Waals surface area contributed by atoms with Gasteiger partial charge in [-0.1, -0.05) is 11.6 Å². The van der Waals surface area contributed by atoms with E-state index in [2.05, 4.69) is 0 Å². The molecule has 0 unspecified atom stereocenters.